The van der Waals surface area contributed by atoms with E-state index in [0.29, 0.717) is 0 Å². The van der Waals surface area contributed by atoms with Crippen molar-refractivity contribution in [1.29, 1.82) is 0 Å². The number of methoxy groups -OCH3 is 2. The summed E-state index contributed by atoms with van der Waals surface area (Å²) < 4.78 is 10.7. The lowest BCUT2D eigenvalue weighted by molar-refractivity contribution is 0.0434. The molecule has 1 aliphatic rings. The van der Waals surface area contributed by atoms with Crippen molar-refractivity contribution < 1.29 is 14.3 Å². The minimum Gasteiger partial charge on any atom is -0.497 e. The minimum atomic E-state index is 0.0784. The van der Waals surface area contributed by atoms with Crippen LogP contribution in [0.5, 0.6) is 11.5 Å². The van der Waals surface area contributed by atoms with Crippen LogP contribution in [0.3, 0.4) is 0 Å². The molecule has 1 aliphatic heterocycles. The first-order valence-electron chi connectivity index (χ1n) is 6.11. The van der Waals surface area contributed by atoms with Crippen LogP contribution in [-0.4, -0.2) is 33.4 Å². The average Bonchev–Trinajstić information content (AvgIpc) is 2.46. The van der Waals surface area contributed by atoms with Crippen LogP contribution in [-0.2, 0) is 4.84 Å². The molecule has 18 heavy (non-hydrogen) atoms. The molecule has 1 heterocycles. The SMILES string of the molecule is COc1ccc(OC)c(N2CCCC(ON)C2)c1. The lowest BCUT2D eigenvalue weighted by Crippen LogP contribution is -2.41. The maximum atomic E-state index is 5.40. The second kappa shape index (κ2) is 5.93. The Hall–Kier alpha value is -1.46. The van der Waals surface area contributed by atoms with E-state index in [-0.39, 0.29) is 6.10 Å². The minimum absolute atomic E-state index is 0.0784. The fourth-order valence-electron chi connectivity index (χ4n) is 2.31. The summed E-state index contributed by atoms with van der Waals surface area (Å²) >= 11 is 0. The van der Waals surface area contributed by atoms with Gasteiger partial charge >= 0.3 is 0 Å². The normalized spacial score (nSPS) is 19.7. The van der Waals surface area contributed by atoms with Gasteiger partial charge in [-0.3, -0.25) is 4.84 Å². The van der Waals surface area contributed by atoms with E-state index < -0.39 is 0 Å². The molecule has 1 aromatic rings. The molecule has 1 aromatic carbocycles. The zero-order chi connectivity index (χ0) is 13.0. The Balaban J connectivity index is 2.24. The maximum absolute atomic E-state index is 5.40. The van der Waals surface area contributed by atoms with Crippen LogP contribution in [0.1, 0.15) is 12.8 Å². The predicted octanol–water partition coefficient (Wildman–Crippen LogP) is 1.56. The van der Waals surface area contributed by atoms with Gasteiger partial charge in [0.05, 0.1) is 26.0 Å². The lowest BCUT2D eigenvalue weighted by atomic mass is 10.1. The standard InChI is InChI=1S/C13H20N2O3/c1-16-10-5-6-13(17-2)12(8-10)15-7-3-4-11(9-15)18-14/h5-6,8,11H,3-4,7,9,14H2,1-2H3. The van der Waals surface area contributed by atoms with Crippen molar-refractivity contribution in [3.05, 3.63) is 18.2 Å². The maximum Gasteiger partial charge on any atom is 0.142 e. The largest absolute Gasteiger partial charge is 0.497 e. The van der Waals surface area contributed by atoms with Crippen molar-refractivity contribution in [3.8, 4) is 11.5 Å². The molecule has 2 N–H and O–H groups in total. The summed E-state index contributed by atoms with van der Waals surface area (Å²) in [5.41, 5.74) is 1.03. The molecular formula is C13H20N2O3. The highest BCUT2D eigenvalue weighted by Crippen LogP contribution is 2.34. The number of piperidine rings is 1. The summed E-state index contributed by atoms with van der Waals surface area (Å²) in [7, 11) is 3.33. The molecule has 2 rings (SSSR count). The van der Waals surface area contributed by atoms with Crippen molar-refractivity contribution in [1.82, 2.24) is 0 Å². The van der Waals surface area contributed by atoms with Gasteiger partial charge in [0, 0.05) is 19.2 Å². The molecule has 5 heteroatoms. The van der Waals surface area contributed by atoms with E-state index in [1.54, 1.807) is 14.2 Å². The lowest BCUT2D eigenvalue weighted by Gasteiger charge is -2.34. The summed E-state index contributed by atoms with van der Waals surface area (Å²) in [6, 6.07) is 5.79. The number of nitrogens with zero attached hydrogens (tertiary/aromatic N) is 1. The molecule has 0 saturated carbocycles. The number of nitrogens with two attached hydrogens (primary N) is 1. The van der Waals surface area contributed by atoms with Crippen molar-refractivity contribution in [3.63, 3.8) is 0 Å². The van der Waals surface area contributed by atoms with Crippen LogP contribution >= 0.6 is 0 Å². The van der Waals surface area contributed by atoms with Gasteiger partial charge in [0.1, 0.15) is 11.5 Å². The number of ether oxygens (including phenoxy) is 2. The number of benzene rings is 1. The Labute approximate surface area is 107 Å². The fraction of sp³-hybridized carbons (Fsp3) is 0.538. The molecule has 0 amide bonds. The highest BCUT2D eigenvalue weighted by molar-refractivity contribution is 5.62. The smallest absolute Gasteiger partial charge is 0.142 e. The van der Waals surface area contributed by atoms with Crippen LogP contribution in [0.4, 0.5) is 5.69 Å². The van der Waals surface area contributed by atoms with E-state index in [0.717, 1.165) is 43.1 Å². The van der Waals surface area contributed by atoms with Crippen molar-refractivity contribution in [2.45, 2.75) is 18.9 Å². The Kier molecular flexibility index (Phi) is 4.28. The molecule has 1 saturated heterocycles. The number of hydrogen-bond acceptors (Lipinski definition) is 5. The van der Waals surface area contributed by atoms with Crippen molar-refractivity contribution in [2.24, 2.45) is 5.90 Å². The fourth-order valence-corrected chi connectivity index (χ4v) is 2.31. The number of anilines is 1. The van der Waals surface area contributed by atoms with E-state index in [1.165, 1.54) is 0 Å². The van der Waals surface area contributed by atoms with E-state index in [4.69, 9.17) is 20.2 Å². The Morgan fingerprint density at radius 2 is 2.11 bits per heavy atom. The molecule has 0 aliphatic carbocycles. The van der Waals surface area contributed by atoms with E-state index >= 15 is 0 Å². The third-order valence-electron chi connectivity index (χ3n) is 3.30. The summed E-state index contributed by atoms with van der Waals surface area (Å²) in [6.45, 7) is 1.75. The summed E-state index contributed by atoms with van der Waals surface area (Å²) in [5.74, 6) is 6.95. The molecule has 0 aromatic heterocycles. The van der Waals surface area contributed by atoms with Gasteiger partial charge in [-0.05, 0) is 25.0 Å². The molecular weight excluding hydrogens is 232 g/mol. The van der Waals surface area contributed by atoms with Gasteiger partial charge in [-0.1, -0.05) is 0 Å². The quantitative estimate of drug-likeness (QED) is 0.824. The van der Waals surface area contributed by atoms with Crippen LogP contribution < -0.4 is 20.3 Å². The van der Waals surface area contributed by atoms with Crippen molar-refractivity contribution >= 4 is 5.69 Å². The van der Waals surface area contributed by atoms with E-state index in [9.17, 15) is 0 Å². The molecule has 0 radical (unpaired) electrons. The molecule has 5 nitrogen and oxygen atoms in total. The van der Waals surface area contributed by atoms with Crippen LogP contribution in [0.15, 0.2) is 18.2 Å². The topological polar surface area (TPSA) is 57.0 Å². The van der Waals surface area contributed by atoms with Gasteiger partial charge in [0.25, 0.3) is 0 Å². The van der Waals surface area contributed by atoms with E-state index in [1.807, 2.05) is 18.2 Å². The summed E-state index contributed by atoms with van der Waals surface area (Å²) in [4.78, 5) is 7.18. The Morgan fingerprint density at radius 3 is 2.78 bits per heavy atom. The first kappa shape index (κ1) is 13.0. The molecule has 1 unspecified atom stereocenters. The third-order valence-corrected chi connectivity index (χ3v) is 3.30. The van der Waals surface area contributed by atoms with Gasteiger partial charge in [-0.25, -0.2) is 5.90 Å². The van der Waals surface area contributed by atoms with Gasteiger partial charge in [0.2, 0.25) is 0 Å². The average molecular weight is 252 g/mol. The van der Waals surface area contributed by atoms with E-state index in [2.05, 4.69) is 4.90 Å². The van der Waals surface area contributed by atoms with Gasteiger partial charge in [0.15, 0.2) is 0 Å². The van der Waals surface area contributed by atoms with Crippen molar-refractivity contribution in [2.75, 3.05) is 32.2 Å². The summed E-state index contributed by atoms with van der Waals surface area (Å²) in [6.07, 6.45) is 2.14. The zero-order valence-electron chi connectivity index (χ0n) is 10.9. The second-order valence-corrected chi connectivity index (χ2v) is 4.38. The number of hydrogen-bond donors (Lipinski definition) is 1. The number of rotatable bonds is 4. The third kappa shape index (κ3) is 2.68. The van der Waals surface area contributed by atoms with Gasteiger partial charge in [-0.2, -0.15) is 0 Å². The Morgan fingerprint density at radius 1 is 1.28 bits per heavy atom. The molecule has 0 bridgehead atoms. The van der Waals surface area contributed by atoms with Crippen LogP contribution in [0, 0.1) is 0 Å². The molecule has 1 fully saturated rings. The Bertz CT molecular complexity index is 398. The monoisotopic (exact) mass is 252 g/mol. The van der Waals surface area contributed by atoms with Gasteiger partial charge in [-0.15, -0.1) is 0 Å². The van der Waals surface area contributed by atoms with Crippen LogP contribution in [0.2, 0.25) is 0 Å². The molecule has 100 valence electrons. The highest BCUT2D eigenvalue weighted by atomic mass is 16.6. The van der Waals surface area contributed by atoms with Gasteiger partial charge < -0.3 is 14.4 Å². The first-order chi connectivity index (χ1) is 8.78. The molecule has 1 atom stereocenters. The first-order valence-corrected chi connectivity index (χ1v) is 6.11. The highest BCUT2D eigenvalue weighted by Gasteiger charge is 2.22. The second-order valence-electron chi connectivity index (χ2n) is 4.38. The zero-order valence-corrected chi connectivity index (χ0v) is 10.9. The molecule has 0 spiro atoms. The van der Waals surface area contributed by atoms with Crippen LogP contribution in [0.25, 0.3) is 0 Å². The predicted molar refractivity (Wildman–Crippen MR) is 70.1 cm³/mol. The summed E-state index contributed by atoms with van der Waals surface area (Å²) in [5, 5.41) is 0.